The van der Waals surface area contributed by atoms with Gasteiger partial charge in [0.25, 0.3) is 0 Å². The molecule has 2 saturated heterocycles. The number of fused-ring (bicyclic) bond motifs is 1. The van der Waals surface area contributed by atoms with Gasteiger partial charge in [0, 0.05) is 33.4 Å². The lowest BCUT2D eigenvalue weighted by Crippen LogP contribution is -2.73. The average Bonchev–Trinajstić information content (AvgIpc) is 2.91. The van der Waals surface area contributed by atoms with E-state index < -0.39 is 18.2 Å². The molecule has 204 valence electrons. The molecule has 0 bridgehead atoms. The Balaban J connectivity index is 1.55. The van der Waals surface area contributed by atoms with Crippen molar-refractivity contribution in [2.75, 3.05) is 39.9 Å². The van der Waals surface area contributed by atoms with Gasteiger partial charge >= 0.3 is 6.03 Å². The predicted octanol–water partition coefficient (Wildman–Crippen LogP) is 3.14. The zero-order valence-corrected chi connectivity index (χ0v) is 22.0. The van der Waals surface area contributed by atoms with Crippen LogP contribution in [0.3, 0.4) is 0 Å². The highest BCUT2D eigenvalue weighted by molar-refractivity contribution is 5.92. The van der Waals surface area contributed by atoms with Crippen molar-refractivity contribution in [1.29, 1.82) is 0 Å². The minimum absolute atomic E-state index is 0.0393. The standard InChI is InChI=1S/C28H36FN5O4/c1-3-4-16-38-17-8-15-32-19-24-33(26(27(32)36)22-9-6-5-7-10-22)25(35)20-31(2)34(24)28(37)30-18-21-11-13-23(29)14-12-21/h5-7,9-14,24,26H,3-4,8,15-20H2,1-2H3,(H,30,37)/t24?,26-/m0/s1. The molecule has 0 aliphatic carbocycles. The van der Waals surface area contributed by atoms with Crippen molar-refractivity contribution in [2.24, 2.45) is 0 Å². The van der Waals surface area contributed by atoms with Crippen LogP contribution in [0.4, 0.5) is 9.18 Å². The summed E-state index contributed by atoms with van der Waals surface area (Å²) in [4.78, 5) is 43.7. The molecule has 2 heterocycles. The molecule has 1 N–H and O–H groups in total. The summed E-state index contributed by atoms with van der Waals surface area (Å²) in [7, 11) is 1.69. The molecule has 0 saturated carbocycles. The molecule has 38 heavy (non-hydrogen) atoms. The van der Waals surface area contributed by atoms with Gasteiger partial charge in [-0.05, 0) is 36.1 Å². The number of piperazine rings is 1. The first kappa shape index (κ1) is 27.5. The Bertz CT molecular complexity index is 1100. The Morgan fingerprint density at radius 2 is 1.76 bits per heavy atom. The fourth-order valence-corrected chi connectivity index (χ4v) is 4.92. The Morgan fingerprint density at radius 1 is 1.05 bits per heavy atom. The molecule has 2 fully saturated rings. The number of hydrogen-bond acceptors (Lipinski definition) is 5. The van der Waals surface area contributed by atoms with Gasteiger partial charge in [0.05, 0.1) is 13.1 Å². The lowest BCUT2D eigenvalue weighted by molar-refractivity contribution is -0.187. The first-order chi connectivity index (χ1) is 18.4. The number of urea groups is 1. The molecule has 4 rings (SSSR count). The van der Waals surface area contributed by atoms with E-state index in [0.29, 0.717) is 31.7 Å². The van der Waals surface area contributed by atoms with Crippen LogP contribution in [-0.2, 0) is 20.9 Å². The average molecular weight is 526 g/mol. The molecule has 4 amide bonds. The van der Waals surface area contributed by atoms with E-state index >= 15 is 0 Å². The summed E-state index contributed by atoms with van der Waals surface area (Å²) >= 11 is 0. The lowest BCUT2D eigenvalue weighted by Gasteiger charge is -2.54. The van der Waals surface area contributed by atoms with E-state index in [2.05, 4.69) is 12.2 Å². The Hall–Kier alpha value is -3.50. The molecule has 2 aromatic carbocycles. The molecule has 2 aromatic rings. The Kier molecular flexibility index (Phi) is 9.30. The van der Waals surface area contributed by atoms with Gasteiger partial charge in [-0.15, -0.1) is 0 Å². The van der Waals surface area contributed by atoms with Crippen molar-refractivity contribution in [2.45, 2.75) is 44.9 Å². The number of ether oxygens (including phenoxy) is 1. The normalized spacial score (nSPS) is 20.0. The summed E-state index contributed by atoms with van der Waals surface area (Å²) in [5.41, 5.74) is 1.45. The maximum atomic E-state index is 13.7. The zero-order chi connectivity index (χ0) is 27.1. The van der Waals surface area contributed by atoms with Crippen molar-refractivity contribution in [3.8, 4) is 0 Å². The highest BCUT2D eigenvalue weighted by Crippen LogP contribution is 2.34. The number of unbranched alkanes of at least 4 members (excludes halogenated alkanes) is 1. The van der Waals surface area contributed by atoms with Gasteiger partial charge in [0.2, 0.25) is 11.8 Å². The number of rotatable bonds is 10. The van der Waals surface area contributed by atoms with Gasteiger partial charge in [-0.3, -0.25) is 9.59 Å². The molecule has 0 spiro atoms. The molecule has 2 aliphatic heterocycles. The van der Waals surface area contributed by atoms with E-state index in [0.717, 1.165) is 18.4 Å². The van der Waals surface area contributed by atoms with Crippen LogP contribution < -0.4 is 5.32 Å². The van der Waals surface area contributed by atoms with Gasteiger partial charge in [-0.2, -0.15) is 0 Å². The number of hydrogen-bond donors (Lipinski definition) is 1. The second kappa shape index (κ2) is 12.8. The number of nitrogens with one attached hydrogen (secondary N) is 1. The largest absolute Gasteiger partial charge is 0.381 e. The van der Waals surface area contributed by atoms with E-state index in [-0.39, 0.29) is 37.3 Å². The molecular formula is C28H36FN5O4. The number of carbonyl (C=O) groups excluding carboxylic acids is 3. The highest BCUT2D eigenvalue weighted by atomic mass is 19.1. The SMILES string of the molecule is CCCCOCCCN1CC2N(C(=O)CN(C)N2C(=O)NCc2ccc(F)cc2)[C@@H](c2ccccc2)C1=O. The van der Waals surface area contributed by atoms with Crippen LogP contribution in [-0.4, -0.2) is 83.7 Å². The van der Waals surface area contributed by atoms with Crippen molar-refractivity contribution >= 4 is 17.8 Å². The summed E-state index contributed by atoms with van der Waals surface area (Å²) in [6.45, 7) is 4.14. The number of likely N-dealkylation sites (N-methyl/N-ethyl adjacent to an activating group) is 1. The highest BCUT2D eigenvalue weighted by Gasteiger charge is 2.51. The van der Waals surface area contributed by atoms with Crippen LogP contribution in [0.25, 0.3) is 0 Å². The predicted molar refractivity (Wildman–Crippen MR) is 140 cm³/mol. The van der Waals surface area contributed by atoms with Gasteiger partial charge in [0.15, 0.2) is 0 Å². The topological polar surface area (TPSA) is 85.4 Å². The number of carbonyl (C=O) groups is 3. The number of benzene rings is 2. The van der Waals surface area contributed by atoms with E-state index in [4.69, 9.17) is 4.74 Å². The second-order valence-corrected chi connectivity index (χ2v) is 9.64. The van der Waals surface area contributed by atoms with Crippen LogP contribution in [0.15, 0.2) is 54.6 Å². The molecule has 9 nitrogen and oxygen atoms in total. The monoisotopic (exact) mass is 525 g/mol. The number of halogens is 1. The summed E-state index contributed by atoms with van der Waals surface area (Å²) in [6, 6.07) is 13.9. The smallest absolute Gasteiger partial charge is 0.334 e. The van der Waals surface area contributed by atoms with Crippen molar-refractivity contribution in [3.63, 3.8) is 0 Å². The van der Waals surface area contributed by atoms with Gasteiger partial charge < -0.3 is 19.9 Å². The van der Waals surface area contributed by atoms with Crippen molar-refractivity contribution < 1.29 is 23.5 Å². The lowest BCUT2D eigenvalue weighted by atomic mass is 9.98. The van der Waals surface area contributed by atoms with Crippen LogP contribution in [0.1, 0.15) is 43.4 Å². The van der Waals surface area contributed by atoms with Gasteiger partial charge in [0.1, 0.15) is 18.0 Å². The fraction of sp³-hybridized carbons (Fsp3) is 0.464. The molecule has 1 unspecified atom stereocenters. The molecule has 2 aliphatic rings. The third-order valence-corrected chi connectivity index (χ3v) is 6.87. The van der Waals surface area contributed by atoms with E-state index in [9.17, 15) is 18.8 Å². The van der Waals surface area contributed by atoms with E-state index in [1.807, 2.05) is 30.3 Å². The maximum Gasteiger partial charge on any atom is 0.334 e. The second-order valence-electron chi connectivity index (χ2n) is 9.64. The minimum Gasteiger partial charge on any atom is -0.381 e. The van der Waals surface area contributed by atoms with Gasteiger partial charge in [-0.25, -0.2) is 19.2 Å². The van der Waals surface area contributed by atoms with Crippen LogP contribution in [0, 0.1) is 5.82 Å². The van der Waals surface area contributed by atoms with Crippen molar-refractivity contribution in [3.05, 3.63) is 71.5 Å². The maximum absolute atomic E-state index is 13.7. The van der Waals surface area contributed by atoms with E-state index in [1.165, 1.54) is 17.1 Å². The number of nitrogens with zero attached hydrogens (tertiary/aromatic N) is 4. The first-order valence-corrected chi connectivity index (χ1v) is 13.2. The fourth-order valence-electron chi connectivity index (χ4n) is 4.92. The van der Waals surface area contributed by atoms with Crippen LogP contribution >= 0.6 is 0 Å². The molecule has 2 atom stereocenters. The summed E-state index contributed by atoms with van der Waals surface area (Å²) in [6.07, 6.45) is 2.02. The summed E-state index contributed by atoms with van der Waals surface area (Å²) in [5, 5.41) is 5.98. The van der Waals surface area contributed by atoms with Crippen molar-refractivity contribution in [1.82, 2.24) is 25.1 Å². The summed E-state index contributed by atoms with van der Waals surface area (Å²) in [5.74, 6) is -0.727. The van der Waals surface area contributed by atoms with Crippen LogP contribution in [0.2, 0.25) is 0 Å². The summed E-state index contributed by atoms with van der Waals surface area (Å²) < 4.78 is 19.0. The third-order valence-electron chi connectivity index (χ3n) is 6.87. The third kappa shape index (κ3) is 6.31. The molecule has 10 heteroatoms. The zero-order valence-electron chi connectivity index (χ0n) is 22.0. The van der Waals surface area contributed by atoms with Crippen LogP contribution in [0.5, 0.6) is 0 Å². The van der Waals surface area contributed by atoms with E-state index in [1.54, 1.807) is 34.0 Å². The first-order valence-electron chi connectivity index (χ1n) is 13.2. The number of amides is 4. The molecular weight excluding hydrogens is 489 g/mol. The quantitative estimate of drug-likeness (QED) is 0.482. The minimum atomic E-state index is -0.829. The number of hydrazine groups is 1. The Morgan fingerprint density at radius 3 is 2.47 bits per heavy atom. The Labute approximate surface area is 223 Å². The van der Waals surface area contributed by atoms with Gasteiger partial charge in [-0.1, -0.05) is 55.8 Å². The molecule has 0 aromatic heterocycles. The molecule has 0 radical (unpaired) electrons.